The van der Waals surface area contributed by atoms with Crippen molar-refractivity contribution in [3.63, 3.8) is 0 Å². The lowest BCUT2D eigenvalue weighted by Crippen LogP contribution is -2.30. The van der Waals surface area contributed by atoms with Gasteiger partial charge in [-0.2, -0.15) is 4.83 Å². The number of aryl methyl sites for hydroxylation is 1. The van der Waals surface area contributed by atoms with Crippen LogP contribution in [-0.2, 0) is 14.8 Å². The third-order valence-corrected chi connectivity index (χ3v) is 2.69. The molecule has 0 radical (unpaired) electrons. The van der Waals surface area contributed by atoms with E-state index in [1.54, 1.807) is 17.0 Å². The molecule has 0 bridgehead atoms. The van der Waals surface area contributed by atoms with E-state index in [0.29, 0.717) is 0 Å². The normalized spacial score (nSPS) is 10.2. The molecule has 0 unspecified atom stereocenters. The van der Waals surface area contributed by atoms with Crippen LogP contribution >= 0.6 is 0 Å². The third-order valence-electron chi connectivity index (χ3n) is 1.49. The van der Waals surface area contributed by atoms with Crippen LogP contribution < -0.4 is 10.7 Å². The van der Waals surface area contributed by atoms with Crippen LogP contribution in [0.15, 0.2) is 29.2 Å². The largest absolute Gasteiger partial charge is 0.300 e. The van der Waals surface area contributed by atoms with Crippen molar-refractivity contribution >= 4 is 15.8 Å². The fourth-order valence-corrected chi connectivity index (χ4v) is 1.42. The zero-order valence-corrected chi connectivity index (χ0v) is 10.3. The van der Waals surface area contributed by atoms with Gasteiger partial charge in [-0.3, -0.25) is 5.84 Å². The summed E-state index contributed by atoms with van der Waals surface area (Å²) in [6.45, 7) is 4.94. The molecule has 0 aliphatic rings. The Morgan fingerprint density at radius 1 is 1.19 bits per heavy atom. The second-order valence-electron chi connectivity index (χ2n) is 3.34. The summed E-state index contributed by atoms with van der Waals surface area (Å²) >= 11 is 0. The van der Waals surface area contributed by atoms with Gasteiger partial charge in [-0.1, -0.05) is 17.7 Å². The van der Waals surface area contributed by atoms with Crippen molar-refractivity contribution in [2.45, 2.75) is 25.7 Å². The number of carbonyl (C=O) groups is 1. The van der Waals surface area contributed by atoms with E-state index in [2.05, 4.69) is 0 Å². The molecule has 0 saturated carbocycles. The summed E-state index contributed by atoms with van der Waals surface area (Å²) in [6.07, 6.45) is 0. The first-order chi connectivity index (χ1) is 7.29. The van der Waals surface area contributed by atoms with E-state index in [9.17, 15) is 13.2 Å². The molecular formula is C10H16N2O3S. The molecule has 0 aliphatic heterocycles. The second kappa shape index (κ2) is 6.37. The van der Waals surface area contributed by atoms with Crippen molar-refractivity contribution in [3.05, 3.63) is 29.8 Å². The molecule has 0 saturated heterocycles. The summed E-state index contributed by atoms with van der Waals surface area (Å²) < 4.78 is 22.2. The Kier molecular flexibility index (Phi) is 5.87. The van der Waals surface area contributed by atoms with Gasteiger partial charge in [-0.25, -0.2) is 8.42 Å². The number of nitrogens with one attached hydrogen (secondary N) is 1. The first-order valence-electron chi connectivity index (χ1n) is 4.56. The highest BCUT2D eigenvalue weighted by Gasteiger charge is 2.09. The average Bonchev–Trinajstić information content (AvgIpc) is 2.17. The molecule has 0 aromatic heterocycles. The zero-order valence-electron chi connectivity index (χ0n) is 9.52. The van der Waals surface area contributed by atoms with Crippen molar-refractivity contribution in [3.8, 4) is 0 Å². The average molecular weight is 244 g/mol. The Bertz CT molecular complexity index is 434. The van der Waals surface area contributed by atoms with Crippen LogP contribution in [0.25, 0.3) is 0 Å². The Morgan fingerprint density at radius 2 is 1.56 bits per heavy atom. The summed E-state index contributed by atoms with van der Waals surface area (Å²) in [4.78, 5) is 11.4. The van der Waals surface area contributed by atoms with Crippen LogP contribution in [0.2, 0.25) is 0 Å². The Morgan fingerprint density at radius 3 is 1.88 bits per heavy atom. The summed E-state index contributed by atoms with van der Waals surface area (Å²) in [7, 11) is -3.49. The number of Topliss-reactive ketones (excluding diaryl/α,β-unsaturated/α-hetero) is 1. The quantitative estimate of drug-likeness (QED) is 0.593. The van der Waals surface area contributed by atoms with Gasteiger partial charge in [-0.05, 0) is 32.9 Å². The summed E-state index contributed by atoms with van der Waals surface area (Å²) in [5.74, 6) is 5.01. The number of nitrogens with two attached hydrogens (primary N) is 1. The van der Waals surface area contributed by atoms with Crippen molar-refractivity contribution < 1.29 is 13.2 Å². The number of carbonyl (C=O) groups excluding carboxylic acids is 1. The predicted molar refractivity (Wildman–Crippen MR) is 62.0 cm³/mol. The van der Waals surface area contributed by atoms with Crippen LogP contribution in [0, 0.1) is 6.92 Å². The lowest BCUT2D eigenvalue weighted by atomic mass is 10.2. The molecule has 0 atom stereocenters. The molecule has 0 spiro atoms. The zero-order chi connectivity index (χ0) is 12.8. The molecule has 0 heterocycles. The molecule has 5 nitrogen and oxygen atoms in total. The van der Waals surface area contributed by atoms with Gasteiger partial charge in [0.25, 0.3) is 10.0 Å². The van der Waals surface area contributed by atoms with E-state index in [0.717, 1.165) is 5.56 Å². The monoisotopic (exact) mass is 244 g/mol. The molecule has 0 aliphatic carbocycles. The first-order valence-corrected chi connectivity index (χ1v) is 6.04. The Hall–Kier alpha value is -1.24. The highest BCUT2D eigenvalue weighted by atomic mass is 32.2. The van der Waals surface area contributed by atoms with E-state index in [-0.39, 0.29) is 10.7 Å². The van der Waals surface area contributed by atoms with E-state index in [1.165, 1.54) is 26.0 Å². The van der Waals surface area contributed by atoms with Gasteiger partial charge >= 0.3 is 0 Å². The minimum Gasteiger partial charge on any atom is -0.300 e. The summed E-state index contributed by atoms with van der Waals surface area (Å²) in [6, 6.07) is 6.43. The third kappa shape index (κ3) is 5.59. The van der Waals surface area contributed by atoms with Crippen molar-refractivity contribution in [1.29, 1.82) is 0 Å². The fraction of sp³-hybridized carbons (Fsp3) is 0.300. The molecule has 3 N–H and O–H groups in total. The van der Waals surface area contributed by atoms with Crippen LogP contribution in [0.4, 0.5) is 0 Å². The minimum absolute atomic E-state index is 0.167. The number of hydrogen-bond donors (Lipinski definition) is 2. The molecule has 1 aromatic rings. The first kappa shape index (κ1) is 14.8. The van der Waals surface area contributed by atoms with Crippen LogP contribution in [-0.4, -0.2) is 14.2 Å². The van der Waals surface area contributed by atoms with Crippen molar-refractivity contribution in [1.82, 2.24) is 4.83 Å². The van der Waals surface area contributed by atoms with Gasteiger partial charge in [0.2, 0.25) is 0 Å². The van der Waals surface area contributed by atoms with Gasteiger partial charge < -0.3 is 4.79 Å². The summed E-state index contributed by atoms with van der Waals surface area (Å²) in [5, 5.41) is 0. The van der Waals surface area contributed by atoms with E-state index in [4.69, 9.17) is 5.84 Å². The van der Waals surface area contributed by atoms with Gasteiger partial charge in [0.15, 0.2) is 0 Å². The Balaban J connectivity index is 0.000000487. The Labute approximate surface area is 95.7 Å². The number of sulfonamides is 1. The maximum absolute atomic E-state index is 11.1. The molecule has 0 amide bonds. The number of hydrazine groups is 1. The second-order valence-corrected chi connectivity index (χ2v) is 5.06. The summed E-state index contributed by atoms with van der Waals surface area (Å²) in [5.41, 5.74) is 1.01. The number of rotatable bonds is 2. The van der Waals surface area contributed by atoms with E-state index >= 15 is 0 Å². The van der Waals surface area contributed by atoms with Crippen LogP contribution in [0.1, 0.15) is 19.4 Å². The van der Waals surface area contributed by atoms with Crippen LogP contribution in [0.3, 0.4) is 0 Å². The van der Waals surface area contributed by atoms with E-state index in [1.807, 2.05) is 6.92 Å². The molecular weight excluding hydrogens is 228 g/mol. The highest BCUT2D eigenvalue weighted by Crippen LogP contribution is 2.08. The maximum Gasteiger partial charge on any atom is 0.253 e. The molecule has 1 rings (SSSR count). The fourth-order valence-electron chi connectivity index (χ4n) is 0.785. The number of ketones is 1. The van der Waals surface area contributed by atoms with E-state index < -0.39 is 10.0 Å². The van der Waals surface area contributed by atoms with Gasteiger partial charge in [-0.15, -0.1) is 0 Å². The highest BCUT2D eigenvalue weighted by molar-refractivity contribution is 7.89. The predicted octanol–water partition coefficient (Wildman–Crippen LogP) is 0.742. The van der Waals surface area contributed by atoms with Crippen molar-refractivity contribution in [2.24, 2.45) is 5.84 Å². The molecule has 90 valence electrons. The smallest absolute Gasteiger partial charge is 0.253 e. The number of benzene rings is 1. The SMILES string of the molecule is CC(C)=O.Cc1ccc(S(=O)(=O)NN)cc1. The minimum atomic E-state index is -3.49. The molecule has 1 aromatic carbocycles. The maximum atomic E-state index is 11.1. The van der Waals surface area contributed by atoms with Crippen molar-refractivity contribution in [2.75, 3.05) is 0 Å². The standard InChI is InChI=1S/C7H10N2O2S.C3H6O/c1-6-2-4-7(5-3-6)12(10,11)9-8;1-3(2)4/h2-5,9H,8H2,1H3;1-2H3. The lowest BCUT2D eigenvalue weighted by Gasteiger charge is -2.01. The van der Waals surface area contributed by atoms with Gasteiger partial charge in [0.1, 0.15) is 5.78 Å². The van der Waals surface area contributed by atoms with Crippen LogP contribution in [0.5, 0.6) is 0 Å². The number of hydrogen-bond acceptors (Lipinski definition) is 4. The van der Waals surface area contributed by atoms with Gasteiger partial charge in [0, 0.05) is 0 Å². The van der Waals surface area contributed by atoms with Gasteiger partial charge in [0.05, 0.1) is 4.90 Å². The molecule has 6 heteroatoms. The molecule has 16 heavy (non-hydrogen) atoms. The molecule has 0 fully saturated rings. The topological polar surface area (TPSA) is 89.3 Å². The lowest BCUT2D eigenvalue weighted by molar-refractivity contribution is -0.114.